The second-order valence-electron chi connectivity index (χ2n) is 6.52. The van der Waals surface area contributed by atoms with Gasteiger partial charge in [-0.1, -0.05) is 19.9 Å². The highest BCUT2D eigenvalue weighted by Gasteiger charge is 2.57. The first-order chi connectivity index (χ1) is 10.1. The van der Waals surface area contributed by atoms with Crippen molar-refractivity contribution >= 4 is 5.69 Å². The predicted molar refractivity (Wildman–Crippen MR) is 81.2 cm³/mol. The Morgan fingerprint density at radius 3 is 3.14 bits per heavy atom. The van der Waals surface area contributed by atoms with Crippen molar-refractivity contribution in [2.24, 2.45) is 11.3 Å². The molecule has 0 spiro atoms. The van der Waals surface area contributed by atoms with Crippen molar-refractivity contribution in [1.82, 2.24) is 0 Å². The van der Waals surface area contributed by atoms with Gasteiger partial charge in [-0.15, -0.1) is 0 Å². The van der Waals surface area contributed by atoms with Gasteiger partial charge in [-0.05, 0) is 25.0 Å². The Morgan fingerprint density at radius 1 is 1.48 bits per heavy atom. The molecule has 1 aliphatic heterocycles. The average molecular weight is 286 g/mol. The Bertz CT molecular complexity index is 550. The smallest absolute Gasteiger partial charge is 0.174 e. The van der Waals surface area contributed by atoms with E-state index < -0.39 is 0 Å². The van der Waals surface area contributed by atoms with Crippen molar-refractivity contribution in [1.29, 1.82) is 5.26 Å². The number of benzene rings is 1. The summed E-state index contributed by atoms with van der Waals surface area (Å²) in [5.41, 5.74) is 1.20. The summed E-state index contributed by atoms with van der Waals surface area (Å²) in [7, 11) is 0. The minimum Gasteiger partial charge on any atom is -0.479 e. The fraction of sp³-hybridized carbons (Fsp3) is 0.588. The summed E-state index contributed by atoms with van der Waals surface area (Å²) in [6.07, 6.45) is 2.76. The van der Waals surface area contributed by atoms with E-state index >= 15 is 0 Å². The van der Waals surface area contributed by atoms with Crippen LogP contribution in [0.5, 0.6) is 5.75 Å². The maximum Gasteiger partial charge on any atom is 0.174 e. The zero-order valence-corrected chi connectivity index (χ0v) is 12.6. The molecule has 1 aliphatic carbocycles. The van der Waals surface area contributed by atoms with Crippen LogP contribution in [0.4, 0.5) is 5.69 Å². The lowest BCUT2D eigenvalue weighted by Crippen LogP contribution is -2.67. The zero-order chi connectivity index (χ0) is 14.9. The molecule has 1 aromatic rings. The fourth-order valence-electron chi connectivity index (χ4n) is 3.79. The number of nitrogens with zero attached hydrogens (tertiary/aromatic N) is 1. The Morgan fingerprint density at radius 2 is 2.33 bits per heavy atom. The number of nitriles is 1. The highest BCUT2D eigenvalue weighted by atomic mass is 16.5. The van der Waals surface area contributed by atoms with Crippen LogP contribution in [0.3, 0.4) is 0 Å². The molecule has 2 aliphatic rings. The number of nitrogens with one attached hydrogen (secondary N) is 1. The van der Waals surface area contributed by atoms with E-state index in [9.17, 15) is 0 Å². The van der Waals surface area contributed by atoms with Gasteiger partial charge in [0.15, 0.2) is 6.61 Å². The molecule has 0 bridgehead atoms. The SMILES string of the molecule is CC1(C)C(Nc2cccc(OCC#N)c2)C2CCCOC21. The molecule has 0 radical (unpaired) electrons. The van der Waals surface area contributed by atoms with Gasteiger partial charge in [0.05, 0.1) is 6.10 Å². The zero-order valence-electron chi connectivity index (χ0n) is 12.6. The van der Waals surface area contributed by atoms with Crippen LogP contribution in [0.25, 0.3) is 0 Å². The third kappa shape index (κ3) is 2.58. The van der Waals surface area contributed by atoms with Gasteiger partial charge >= 0.3 is 0 Å². The number of ether oxygens (including phenoxy) is 2. The van der Waals surface area contributed by atoms with Crippen molar-refractivity contribution in [3.63, 3.8) is 0 Å². The molecule has 1 saturated carbocycles. The Hall–Kier alpha value is -1.73. The quantitative estimate of drug-likeness (QED) is 0.923. The van der Waals surface area contributed by atoms with Gasteiger partial charge in [0.1, 0.15) is 11.8 Å². The maximum absolute atomic E-state index is 8.58. The summed E-state index contributed by atoms with van der Waals surface area (Å²) in [5, 5.41) is 12.2. The monoisotopic (exact) mass is 286 g/mol. The van der Waals surface area contributed by atoms with Gasteiger partial charge in [0.2, 0.25) is 0 Å². The second-order valence-corrected chi connectivity index (χ2v) is 6.52. The lowest BCUT2D eigenvalue weighted by atomic mass is 9.55. The van der Waals surface area contributed by atoms with E-state index in [2.05, 4.69) is 19.2 Å². The lowest BCUT2D eigenvalue weighted by molar-refractivity contribution is -0.177. The standard InChI is InChI=1S/C17H22N2O2/c1-17(2)15(14-7-4-9-21-16(14)17)19-12-5-3-6-13(11-12)20-10-8-18/h3,5-6,11,14-16,19H,4,7,9-10H2,1-2H3. The Kier molecular flexibility index (Phi) is 3.77. The van der Waals surface area contributed by atoms with Gasteiger partial charge in [-0.25, -0.2) is 0 Å². The highest BCUT2D eigenvalue weighted by molar-refractivity contribution is 5.50. The molecule has 1 saturated heterocycles. The summed E-state index contributed by atoms with van der Waals surface area (Å²) in [6, 6.07) is 10.3. The third-order valence-corrected chi connectivity index (χ3v) is 4.79. The van der Waals surface area contributed by atoms with Crippen molar-refractivity contribution in [2.75, 3.05) is 18.5 Å². The van der Waals surface area contributed by atoms with Crippen LogP contribution in [0.2, 0.25) is 0 Å². The fourth-order valence-corrected chi connectivity index (χ4v) is 3.79. The highest BCUT2D eigenvalue weighted by Crippen LogP contribution is 2.52. The molecule has 1 N–H and O–H groups in total. The topological polar surface area (TPSA) is 54.3 Å². The Balaban J connectivity index is 1.70. The number of anilines is 1. The molecule has 3 unspecified atom stereocenters. The van der Waals surface area contributed by atoms with Crippen molar-refractivity contribution < 1.29 is 9.47 Å². The van der Waals surface area contributed by atoms with Crippen molar-refractivity contribution in [3.05, 3.63) is 24.3 Å². The number of hydrogen-bond donors (Lipinski definition) is 1. The molecule has 3 rings (SSSR count). The van der Waals surface area contributed by atoms with Crippen LogP contribution in [-0.2, 0) is 4.74 Å². The minimum atomic E-state index is 0.0803. The predicted octanol–water partition coefficient (Wildman–Crippen LogP) is 3.20. The van der Waals surface area contributed by atoms with Crippen LogP contribution in [0.1, 0.15) is 26.7 Å². The van der Waals surface area contributed by atoms with Crippen molar-refractivity contribution in [2.45, 2.75) is 38.8 Å². The van der Waals surface area contributed by atoms with Gasteiger partial charge in [-0.3, -0.25) is 0 Å². The first-order valence-electron chi connectivity index (χ1n) is 7.61. The largest absolute Gasteiger partial charge is 0.479 e. The molecule has 1 heterocycles. The van der Waals surface area contributed by atoms with E-state index in [1.54, 1.807) is 0 Å². The van der Waals surface area contributed by atoms with Crippen LogP contribution in [-0.4, -0.2) is 25.4 Å². The minimum absolute atomic E-state index is 0.0803. The van der Waals surface area contributed by atoms with Gasteiger partial charge in [0, 0.05) is 35.7 Å². The maximum atomic E-state index is 8.58. The van der Waals surface area contributed by atoms with Crippen LogP contribution in [0.15, 0.2) is 24.3 Å². The first kappa shape index (κ1) is 14.2. The second kappa shape index (κ2) is 5.57. The summed E-state index contributed by atoms with van der Waals surface area (Å²) < 4.78 is 11.3. The van der Waals surface area contributed by atoms with E-state index in [1.807, 2.05) is 30.3 Å². The van der Waals surface area contributed by atoms with Gasteiger partial charge in [-0.2, -0.15) is 5.26 Å². The van der Waals surface area contributed by atoms with Crippen LogP contribution in [0, 0.1) is 22.7 Å². The molecular weight excluding hydrogens is 264 g/mol. The van der Waals surface area contributed by atoms with Gasteiger partial charge in [0.25, 0.3) is 0 Å². The Labute approximate surface area is 126 Å². The molecular formula is C17H22N2O2. The summed E-state index contributed by atoms with van der Waals surface area (Å²) in [5.74, 6) is 1.33. The molecule has 1 aromatic carbocycles. The van der Waals surface area contributed by atoms with E-state index in [0.29, 0.717) is 18.1 Å². The molecule has 4 nitrogen and oxygen atoms in total. The molecule has 4 heteroatoms. The molecule has 2 fully saturated rings. The van der Waals surface area contributed by atoms with Gasteiger partial charge < -0.3 is 14.8 Å². The average Bonchev–Trinajstić information content (AvgIpc) is 2.51. The van der Waals surface area contributed by atoms with E-state index in [-0.39, 0.29) is 12.0 Å². The van der Waals surface area contributed by atoms with Crippen LogP contribution < -0.4 is 10.1 Å². The number of fused-ring (bicyclic) bond motifs is 1. The first-order valence-corrected chi connectivity index (χ1v) is 7.61. The number of rotatable bonds is 4. The molecule has 0 aromatic heterocycles. The third-order valence-electron chi connectivity index (χ3n) is 4.79. The molecule has 112 valence electrons. The van der Waals surface area contributed by atoms with Crippen LogP contribution >= 0.6 is 0 Å². The summed E-state index contributed by atoms with van der Waals surface area (Å²) in [4.78, 5) is 0. The van der Waals surface area contributed by atoms with Crippen molar-refractivity contribution in [3.8, 4) is 11.8 Å². The van der Waals surface area contributed by atoms with E-state index in [1.165, 1.54) is 6.42 Å². The lowest BCUT2D eigenvalue weighted by Gasteiger charge is -2.60. The summed E-state index contributed by atoms with van der Waals surface area (Å²) >= 11 is 0. The summed E-state index contributed by atoms with van der Waals surface area (Å²) in [6.45, 7) is 5.52. The van der Waals surface area contributed by atoms with E-state index in [4.69, 9.17) is 14.7 Å². The number of hydrogen-bond acceptors (Lipinski definition) is 4. The molecule has 21 heavy (non-hydrogen) atoms. The molecule has 3 atom stereocenters. The molecule has 0 amide bonds. The van der Waals surface area contributed by atoms with E-state index in [0.717, 1.165) is 24.5 Å². The normalized spacial score (nSPS) is 29.7.